The number of hydrogen-bond acceptors (Lipinski definition) is 3. The first-order chi connectivity index (χ1) is 9.69. The minimum absolute atomic E-state index is 0.137. The Bertz CT molecular complexity index is 507. The highest BCUT2D eigenvalue weighted by atomic mass is 16.3. The lowest BCUT2D eigenvalue weighted by atomic mass is 10.0. The van der Waals surface area contributed by atoms with Crippen molar-refractivity contribution in [2.75, 3.05) is 6.61 Å². The van der Waals surface area contributed by atoms with Crippen LogP contribution in [0.3, 0.4) is 0 Å². The van der Waals surface area contributed by atoms with E-state index < -0.39 is 0 Å². The Balaban J connectivity index is 1.93. The molecule has 0 radical (unpaired) electrons. The summed E-state index contributed by atoms with van der Waals surface area (Å²) >= 11 is 0. The second-order valence-corrected chi connectivity index (χ2v) is 5.53. The SMILES string of the molecule is CC(C)CC(CO)NCc1cc(-c2ccccc2)n[nH]1. The molecule has 0 aliphatic carbocycles. The van der Waals surface area contributed by atoms with Crippen LogP contribution < -0.4 is 5.32 Å². The number of aliphatic hydroxyl groups is 1. The molecule has 0 spiro atoms. The van der Waals surface area contributed by atoms with Crippen molar-refractivity contribution in [2.24, 2.45) is 5.92 Å². The molecule has 0 aliphatic rings. The highest BCUT2D eigenvalue weighted by molar-refractivity contribution is 5.58. The second kappa shape index (κ2) is 7.22. The number of aromatic amines is 1. The summed E-state index contributed by atoms with van der Waals surface area (Å²) in [7, 11) is 0. The molecule has 4 nitrogen and oxygen atoms in total. The van der Waals surface area contributed by atoms with E-state index in [2.05, 4.69) is 29.4 Å². The summed E-state index contributed by atoms with van der Waals surface area (Å²) < 4.78 is 0. The van der Waals surface area contributed by atoms with E-state index in [0.717, 1.165) is 23.4 Å². The molecule has 0 saturated carbocycles. The third-order valence-electron chi connectivity index (χ3n) is 3.26. The summed E-state index contributed by atoms with van der Waals surface area (Å²) in [5.41, 5.74) is 3.09. The lowest BCUT2D eigenvalue weighted by molar-refractivity contribution is 0.223. The van der Waals surface area contributed by atoms with Crippen LogP contribution in [0, 0.1) is 5.92 Å². The summed E-state index contributed by atoms with van der Waals surface area (Å²) in [6.07, 6.45) is 0.968. The Morgan fingerprint density at radius 2 is 2.00 bits per heavy atom. The van der Waals surface area contributed by atoms with E-state index >= 15 is 0 Å². The van der Waals surface area contributed by atoms with Crippen molar-refractivity contribution >= 4 is 0 Å². The average molecular weight is 273 g/mol. The highest BCUT2D eigenvalue weighted by Crippen LogP contribution is 2.16. The molecule has 0 bridgehead atoms. The molecule has 2 aromatic rings. The first-order valence-electron chi connectivity index (χ1n) is 7.13. The maximum atomic E-state index is 9.35. The minimum atomic E-state index is 0.137. The number of benzene rings is 1. The van der Waals surface area contributed by atoms with Crippen molar-refractivity contribution in [3.63, 3.8) is 0 Å². The third kappa shape index (κ3) is 4.18. The highest BCUT2D eigenvalue weighted by Gasteiger charge is 2.10. The third-order valence-corrected chi connectivity index (χ3v) is 3.26. The van der Waals surface area contributed by atoms with Crippen LogP contribution in [-0.4, -0.2) is 28.0 Å². The molecule has 3 N–H and O–H groups in total. The van der Waals surface area contributed by atoms with Gasteiger partial charge in [0.2, 0.25) is 0 Å². The lowest BCUT2D eigenvalue weighted by Crippen LogP contribution is -2.33. The maximum absolute atomic E-state index is 9.35. The van der Waals surface area contributed by atoms with Crippen LogP contribution in [0.4, 0.5) is 0 Å². The van der Waals surface area contributed by atoms with Gasteiger partial charge < -0.3 is 10.4 Å². The van der Waals surface area contributed by atoms with Crippen LogP contribution in [0.2, 0.25) is 0 Å². The van der Waals surface area contributed by atoms with Crippen LogP contribution in [0.15, 0.2) is 36.4 Å². The Hall–Kier alpha value is -1.65. The fraction of sp³-hybridized carbons (Fsp3) is 0.438. The summed E-state index contributed by atoms with van der Waals surface area (Å²) in [4.78, 5) is 0. The molecular formula is C16H23N3O. The maximum Gasteiger partial charge on any atom is 0.0924 e. The summed E-state index contributed by atoms with van der Waals surface area (Å²) in [6.45, 7) is 5.18. The molecule has 1 heterocycles. The molecule has 108 valence electrons. The zero-order valence-electron chi connectivity index (χ0n) is 12.1. The predicted molar refractivity (Wildman–Crippen MR) is 81.2 cm³/mol. The van der Waals surface area contributed by atoms with Crippen LogP contribution in [0.1, 0.15) is 26.0 Å². The molecule has 0 saturated heterocycles. The van der Waals surface area contributed by atoms with E-state index in [4.69, 9.17) is 0 Å². The summed E-state index contributed by atoms with van der Waals surface area (Å²) in [5, 5.41) is 20.1. The van der Waals surface area contributed by atoms with E-state index in [1.807, 2.05) is 36.4 Å². The summed E-state index contributed by atoms with van der Waals surface area (Å²) in [6, 6.07) is 12.3. The molecule has 1 aromatic carbocycles. The zero-order valence-corrected chi connectivity index (χ0v) is 12.1. The van der Waals surface area contributed by atoms with Crippen molar-refractivity contribution in [2.45, 2.75) is 32.9 Å². The number of hydrogen-bond donors (Lipinski definition) is 3. The van der Waals surface area contributed by atoms with Crippen molar-refractivity contribution in [1.82, 2.24) is 15.5 Å². The topological polar surface area (TPSA) is 60.9 Å². The largest absolute Gasteiger partial charge is 0.395 e. The van der Waals surface area contributed by atoms with Gasteiger partial charge in [-0.3, -0.25) is 5.10 Å². The van der Waals surface area contributed by atoms with Gasteiger partial charge in [0.25, 0.3) is 0 Å². The van der Waals surface area contributed by atoms with Gasteiger partial charge in [-0.2, -0.15) is 5.10 Å². The smallest absolute Gasteiger partial charge is 0.0924 e. The lowest BCUT2D eigenvalue weighted by Gasteiger charge is -2.17. The van der Waals surface area contributed by atoms with Gasteiger partial charge in [0.15, 0.2) is 0 Å². The molecule has 1 atom stereocenters. The van der Waals surface area contributed by atoms with Gasteiger partial charge in [-0.05, 0) is 18.4 Å². The van der Waals surface area contributed by atoms with Gasteiger partial charge in [0.05, 0.1) is 12.3 Å². The van der Waals surface area contributed by atoms with Crippen LogP contribution in [0.5, 0.6) is 0 Å². The molecule has 1 unspecified atom stereocenters. The monoisotopic (exact) mass is 273 g/mol. The molecular weight excluding hydrogens is 250 g/mol. The van der Waals surface area contributed by atoms with Crippen molar-refractivity contribution in [3.05, 3.63) is 42.1 Å². The van der Waals surface area contributed by atoms with E-state index in [0.29, 0.717) is 12.5 Å². The Labute approximate surface area is 120 Å². The normalized spacial score (nSPS) is 12.8. The molecule has 0 fully saturated rings. The fourth-order valence-electron chi connectivity index (χ4n) is 2.25. The van der Waals surface area contributed by atoms with Gasteiger partial charge in [0.1, 0.15) is 0 Å². The van der Waals surface area contributed by atoms with Crippen LogP contribution in [-0.2, 0) is 6.54 Å². The van der Waals surface area contributed by atoms with E-state index in [1.165, 1.54) is 0 Å². The Morgan fingerprint density at radius 1 is 1.25 bits per heavy atom. The van der Waals surface area contributed by atoms with E-state index in [1.54, 1.807) is 0 Å². The van der Waals surface area contributed by atoms with E-state index in [9.17, 15) is 5.11 Å². The van der Waals surface area contributed by atoms with Gasteiger partial charge in [0, 0.05) is 23.8 Å². The van der Waals surface area contributed by atoms with Crippen molar-refractivity contribution in [1.29, 1.82) is 0 Å². The van der Waals surface area contributed by atoms with Gasteiger partial charge in [-0.15, -0.1) is 0 Å². The minimum Gasteiger partial charge on any atom is -0.395 e. The summed E-state index contributed by atoms with van der Waals surface area (Å²) in [5.74, 6) is 0.571. The standard InChI is InChI=1S/C16H23N3O/c1-12(2)8-15(11-20)17-10-14-9-16(19-18-14)13-6-4-3-5-7-13/h3-7,9,12,15,17,20H,8,10-11H2,1-2H3,(H,18,19). The molecule has 20 heavy (non-hydrogen) atoms. The Morgan fingerprint density at radius 3 is 2.65 bits per heavy atom. The molecule has 2 rings (SSSR count). The number of aliphatic hydroxyl groups excluding tert-OH is 1. The number of aromatic nitrogens is 2. The van der Waals surface area contributed by atoms with Gasteiger partial charge in [-0.25, -0.2) is 0 Å². The van der Waals surface area contributed by atoms with Crippen molar-refractivity contribution in [3.8, 4) is 11.3 Å². The molecule has 0 aliphatic heterocycles. The van der Waals surface area contributed by atoms with Crippen LogP contribution >= 0.6 is 0 Å². The molecule has 0 amide bonds. The zero-order chi connectivity index (χ0) is 14.4. The van der Waals surface area contributed by atoms with Gasteiger partial charge >= 0.3 is 0 Å². The number of nitrogens with one attached hydrogen (secondary N) is 2. The second-order valence-electron chi connectivity index (χ2n) is 5.53. The molecule has 4 heteroatoms. The van der Waals surface area contributed by atoms with Gasteiger partial charge in [-0.1, -0.05) is 44.2 Å². The first kappa shape index (κ1) is 14.8. The van der Waals surface area contributed by atoms with Crippen molar-refractivity contribution < 1.29 is 5.11 Å². The number of H-pyrrole nitrogens is 1. The number of rotatable bonds is 7. The molecule has 1 aromatic heterocycles. The average Bonchev–Trinajstić information content (AvgIpc) is 2.93. The first-order valence-corrected chi connectivity index (χ1v) is 7.13. The van der Waals surface area contributed by atoms with Crippen LogP contribution in [0.25, 0.3) is 11.3 Å². The fourth-order valence-corrected chi connectivity index (χ4v) is 2.25. The predicted octanol–water partition coefficient (Wildman–Crippen LogP) is 2.57. The quantitative estimate of drug-likeness (QED) is 0.726. The van der Waals surface area contributed by atoms with E-state index in [-0.39, 0.29) is 12.6 Å². The number of nitrogens with zero attached hydrogens (tertiary/aromatic N) is 1. The Kier molecular flexibility index (Phi) is 5.32.